The third kappa shape index (κ3) is 5.22. The number of ether oxygens (including phenoxy) is 3. The Balaban J connectivity index is 1.34. The Kier molecular flexibility index (Phi) is 6.18. The third-order valence-electron chi connectivity index (χ3n) is 4.54. The number of nitrogens with one attached hydrogen (secondary N) is 1. The van der Waals surface area contributed by atoms with Gasteiger partial charge < -0.3 is 24.1 Å². The molecule has 0 fully saturated rings. The zero-order valence-electron chi connectivity index (χ0n) is 17.4. The summed E-state index contributed by atoms with van der Waals surface area (Å²) in [6, 6.07) is 6.89. The summed E-state index contributed by atoms with van der Waals surface area (Å²) in [5.41, 5.74) is 2.04. The molecule has 0 aliphatic carbocycles. The summed E-state index contributed by atoms with van der Waals surface area (Å²) in [5, 5.41) is 6.77. The fourth-order valence-electron chi connectivity index (χ4n) is 2.94. The molecule has 0 atom stereocenters. The molecule has 0 bridgehead atoms. The lowest BCUT2D eigenvalue weighted by atomic mass is 10.2. The first kappa shape index (κ1) is 22.5. The number of hydrogen-bond acceptors (Lipinski definition) is 9. The minimum atomic E-state index is -3.76. The van der Waals surface area contributed by atoms with Crippen molar-refractivity contribution in [2.45, 2.75) is 30.9 Å². The van der Waals surface area contributed by atoms with E-state index in [1.165, 1.54) is 30.0 Å². The number of fused-ring (bicyclic) bond motifs is 1. The van der Waals surface area contributed by atoms with Crippen molar-refractivity contribution in [1.29, 1.82) is 0 Å². The Hall–Kier alpha value is -3.67. The Morgan fingerprint density at radius 2 is 1.97 bits per heavy atom. The van der Waals surface area contributed by atoms with Crippen LogP contribution in [0.3, 0.4) is 0 Å². The molecule has 4 rings (SSSR count). The number of halogens is 2. The number of benzene rings is 1. The minimum absolute atomic E-state index is 0.150. The first-order valence-corrected chi connectivity index (χ1v) is 10.6. The smallest absolute Gasteiger partial charge is 0.452 e. The van der Waals surface area contributed by atoms with Crippen LogP contribution < -0.4 is 14.8 Å². The highest BCUT2D eigenvalue weighted by atomic mass is 32.2. The predicted octanol–water partition coefficient (Wildman–Crippen LogP) is 4.10. The van der Waals surface area contributed by atoms with E-state index in [2.05, 4.69) is 24.9 Å². The van der Waals surface area contributed by atoms with Crippen LogP contribution in [-0.2, 0) is 15.3 Å². The molecule has 0 saturated heterocycles. The molecule has 0 unspecified atom stereocenters. The van der Waals surface area contributed by atoms with Crippen LogP contribution >= 0.6 is 11.8 Å². The Bertz CT molecular complexity index is 1200. The van der Waals surface area contributed by atoms with E-state index in [0.717, 1.165) is 11.3 Å². The van der Waals surface area contributed by atoms with E-state index in [0.29, 0.717) is 16.5 Å². The molecule has 3 heterocycles. The van der Waals surface area contributed by atoms with Crippen LogP contribution in [0.15, 0.2) is 46.1 Å². The first-order chi connectivity index (χ1) is 15.7. The van der Waals surface area contributed by atoms with Gasteiger partial charge in [0.1, 0.15) is 10.8 Å². The van der Waals surface area contributed by atoms with Gasteiger partial charge in [-0.2, -0.15) is 0 Å². The number of amides is 1. The van der Waals surface area contributed by atoms with Gasteiger partial charge in [-0.05, 0) is 38.1 Å². The van der Waals surface area contributed by atoms with Gasteiger partial charge in [-0.15, -0.1) is 20.5 Å². The zero-order valence-corrected chi connectivity index (χ0v) is 18.2. The number of hydrogen-bond donors (Lipinski definition) is 1. The number of pyridine rings is 1. The number of rotatable bonds is 7. The zero-order chi connectivity index (χ0) is 23.6. The van der Waals surface area contributed by atoms with E-state index >= 15 is 0 Å². The van der Waals surface area contributed by atoms with Gasteiger partial charge >= 0.3 is 12.3 Å². The van der Waals surface area contributed by atoms with Crippen molar-refractivity contribution in [3.8, 4) is 11.5 Å². The van der Waals surface area contributed by atoms with Crippen molar-refractivity contribution in [1.82, 2.24) is 10.1 Å². The van der Waals surface area contributed by atoms with Gasteiger partial charge in [-0.1, -0.05) is 5.16 Å². The average Bonchev–Trinajstić information content (AvgIpc) is 3.26. The van der Waals surface area contributed by atoms with Gasteiger partial charge in [-0.25, -0.2) is 9.78 Å². The molecule has 2 aromatic heterocycles. The third-order valence-corrected chi connectivity index (χ3v) is 5.58. The van der Waals surface area contributed by atoms with Gasteiger partial charge in [0.05, 0.1) is 11.3 Å². The van der Waals surface area contributed by atoms with Crippen LogP contribution in [0.2, 0.25) is 0 Å². The molecule has 1 N–H and O–H groups in total. The maximum Gasteiger partial charge on any atom is 0.586 e. The topological polar surface area (TPSA) is 113 Å². The number of aromatic nitrogens is 2. The van der Waals surface area contributed by atoms with Crippen LogP contribution in [-0.4, -0.2) is 34.9 Å². The second-order valence-electron chi connectivity index (χ2n) is 6.90. The van der Waals surface area contributed by atoms with E-state index in [4.69, 9.17) is 9.26 Å². The fraction of sp³-hybridized carbons (Fsp3) is 0.238. The molecule has 3 aromatic rings. The van der Waals surface area contributed by atoms with Gasteiger partial charge in [0.15, 0.2) is 18.1 Å². The van der Waals surface area contributed by atoms with E-state index < -0.39 is 24.8 Å². The van der Waals surface area contributed by atoms with Crippen molar-refractivity contribution >= 4 is 29.3 Å². The summed E-state index contributed by atoms with van der Waals surface area (Å²) in [6.07, 6.45) is -2.21. The van der Waals surface area contributed by atoms with E-state index in [-0.39, 0.29) is 22.7 Å². The molecule has 1 aliphatic rings. The number of carbonyl (C=O) groups excluding carboxylic acids is 2. The van der Waals surface area contributed by atoms with Gasteiger partial charge in [0.25, 0.3) is 5.91 Å². The molecular formula is C21H17F2N3O6S. The molecule has 0 saturated carbocycles. The second-order valence-corrected chi connectivity index (χ2v) is 7.86. The van der Waals surface area contributed by atoms with Crippen LogP contribution in [0.5, 0.6) is 11.5 Å². The number of thioether (sulfide) groups is 1. The highest BCUT2D eigenvalue weighted by Gasteiger charge is 2.43. The molecular weight excluding hydrogens is 460 g/mol. The number of carbonyl (C=O) groups is 2. The monoisotopic (exact) mass is 477 g/mol. The number of alkyl halides is 2. The molecule has 0 radical (unpaired) electrons. The summed E-state index contributed by atoms with van der Waals surface area (Å²) in [5.74, 6) is -0.591. The summed E-state index contributed by atoms with van der Waals surface area (Å²) in [7, 11) is 0. The lowest BCUT2D eigenvalue weighted by Crippen LogP contribution is -2.25. The van der Waals surface area contributed by atoms with Crippen molar-refractivity contribution in [3.63, 3.8) is 0 Å². The normalized spacial score (nSPS) is 13.6. The molecule has 9 nitrogen and oxygen atoms in total. The Morgan fingerprint density at radius 3 is 2.73 bits per heavy atom. The maximum absolute atomic E-state index is 13.1. The van der Waals surface area contributed by atoms with Crippen molar-refractivity contribution in [2.24, 2.45) is 0 Å². The maximum atomic E-state index is 13.1. The molecule has 1 aromatic carbocycles. The van der Waals surface area contributed by atoms with E-state index in [9.17, 15) is 18.4 Å². The minimum Gasteiger partial charge on any atom is -0.452 e. The van der Waals surface area contributed by atoms with Crippen molar-refractivity contribution < 1.29 is 37.1 Å². The van der Waals surface area contributed by atoms with E-state index in [1.807, 2.05) is 6.92 Å². The lowest BCUT2D eigenvalue weighted by molar-refractivity contribution is -0.286. The quantitative estimate of drug-likeness (QED) is 0.397. The van der Waals surface area contributed by atoms with E-state index in [1.54, 1.807) is 25.3 Å². The molecule has 0 spiro atoms. The summed E-state index contributed by atoms with van der Waals surface area (Å²) in [6.45, 7) is 3.03. The molecule has 172 valence electrons. The molecule has 33 heavy (non-hydrogen) atoms. The number of aryl methyl sites for hydroxylation is 2. The van der Waals surface area contributed by atoms with Crippen LogP contribution in [0, 0.1) is 13.8 Å². The van der Waals surface area contributed by atoms with Crippen LogP contribution in [0.1, 0.15) is 27.4 Å². The first-order valence-electron chi connectivity index (χ1n) is 9.58. The average molecular weight is 477 g/mol. The number of nitrogens with zero attached hydrogens (tertiary/aromatic N) is 2. The second kappa shape index (κ2) is 9.06. The largest absolute Gasteiger partial charge is 0.586 e. The lowest BCUT2D eigenvalue weighted by Gasteiger charge is -2.09. The SMILES string of the molecule is Cc1noc(C)c1CSc1ncccc1C(=O)OCC(=O)Nc1ccc2c(c1)OC(F)(F)O2. The molecule has 1 aliphatic heterocycles. The summed E-state index contributed by atoms with van der Waals surface area (Å²) < 4.78 is 45.1. The summed E-state index contributed by atoms with van der Waals surface area (Å²) in [4.78, 5) is 28.9. The number of esters is 1. The highest BCUT2D eigenvalue weighted by Crippen LogP contribution is 2.42. The highest BCUT2D eigenvalue weighted by molar-refractivity contribution is 7.98. The number of anilines is 1. The van der Waals surface area contributed by atoms with Gasteiger partial charge in [0.2, 0.25) is 0 Å². The predicted molar refractivity (Wildman–Crippen MR) is 111 cm³/mol. The standard InChI is InChI=1S/C21H17F2N3O6S/c1-11-15(12(2)32-26-11)10-33-19-14(4-3-7-24-19)20(28)29-9-18(27)25-13-5-6-16-17(8-13)31-21(22,23)30-16/h3-8H,9-10H2,1-2H3,(H,25,27). The van der Waals surface area contributed by atoms with Crippen molar-refractivity contribution in [3.05, 3.63) is 59.1 Å². The van der Waals surface area contributed by atoms with Crippen LogP contribution in [0.25, 0.3) is 0 Å². The Morgan fingerprint density at radius 1 is 1.18 bits per heavy atom. The van der Waals surface area contributed by atoms with Crippen LogP contribution in [0.4, 0.5) is 14.5 Å². The molecule has 12 heteroatoms. The molecule has 1 amide bonds. The fourth-order valence-corrected chi connectivity index (χ4v) is 4.08. The Labute approximate surface area is 190 Å². The summed E-state index contributed by atoms with van der Waals surface area (Å²) >= 11 is 1.31. The van der Waals surface area contributed by atoms with Crippen molar-refractivity contribution in [2.75, 3.05) is 11.9 Å². The van der Waals surface area contributed by atoms with Gasteiger partial charge in [0, 0.05) is 29.3 Å². The van der Waals surface area contributed by atoms with Gasteiger partial charge in [-0.3, -0.25) is 4.79 Å².